The number of pyridine rings is 1. The van der Waals surface area contributed by atoms with Crippen LogP contribution >= 0.6 is 0 Å². The average molecular weight is 292 g/mol. The van der Waals surface area contributed by atoms with Crippen molar-refractivity contribution in [3.8, 4) is 5.75 Å². The predicted molar refractivity (Wildman–Crippen MR) is 86.0 cm³/mol. The topological polar surface area (TPSA) is 51.2 Å². The zero-order valence-electron chi connectivity index (χ0n) is 12.0. The molecule has 3 rings (SSSR count). The maximum Gasteiger partial charge on any atom is 0.252 e. The Balaban J connectivity index is 1.60. The fourth-order valence-electron chi connectivity index (χ4n) is 2.25. The summed E-state index contributed by atoms with van der Waals surface area (Å²) in [5.41, 5.74) is 1.45. The van der Waals surface area contributed by atoms with E-state index in [9.17, 15) is 4.79 Å². The van der Waals surface area contributed by atoms with Crippen LogP contribution < -0.4 is 10.1 Å². The highest BCUT2D eigenvalue weighted by Crippen LogP contribution is 2.16. The normalized spacial score (nSPS) is 10.4. The standard InChI is InChI=1S/C18H16N2O2/c21-18(20-12-13-22-14-6-2-1-3-7-14)16-8-4-10-17-15(16)9-5-11-19-17/h1-11H,12-13H2,(H,20,21). The lowest BCUT2D eigenvalue weighted by Crippen LogP contribution is -2.28. The van der Waals surface area contributed by atoms with E-state index in [1.807, 2.05) is 54.6 Å². The largest absolute Gasteiger partial charge is 0.492 e. The first-order valence-corrected chi connectivity index (χ1v) is 7.14. The summed E-state index contributed by atoms with van der Waals surface area (Å²) < 4.78 is 5.55. The molecule has 1 N–H and O–H groups in total. The van der Waals surface area contributed by atoms with Crippen LogP contribution in [0.5, 0.6) is 5.75 Å². The fourth-order valence-corrected chi connectivity index (χ4v) is 2.25. The summed E-state index contributed by atoms with van der Waals surface area (Å²) >= 11 is 0. The monoisotopic (exact) mass is 292 g/mol. The van der Waals surface area contributed by atoms with E-state index in [1.165, 1.54) is 0 Å². The Hall–Kier alpha value is -2.88. The van der Waals surface area contributed by atoms with Crippen molar-refractivity contribution < 1.29 is 9.53 Å². The Morgan fingerprint density at radius 2 is 1.86 bits per heavy atom. The molecular weight excluding hydrogens is 276 g/mol. The van der Waals surface area contributed by atoms with Gasteiger partial charge < -0.3 is 10.1 Å². The number of rotatable bonds is 5. The van der Waals surface area contributed by atoms with Crippen LogP contribution in [0.2, 0.25) is 0 Å². The minimum atomic E-state index is -0.115. The van der Waals surface area contributed by atoms with Gasteiger partial charge >= 0.3 is 0 Å². The maximum atomic E-state index is 12.3. The molecule has 0 atom stereocenters. The highest BCUT2D eigenvalue weighted by molar-refractivity contribution is 6.06. The fraction of sp³-hybridized carbons (Fsp3) is 0.111. The van der Waals surface area contributed by atoms with Crippen molar-refractivity contribution in [3.63, 3.8) is 0 Å². The minimum Gasteiger partial charge on any atom is -0.492 e. The van der Waals surface area contributed by atoms with Crippen molar-refractivity contribution in [1.29, 1.82) is 0 Å². The maximum absolute atomic E-state index is 12.3. The second kappa shape index (κ2) is 6.72. The van der Waals surface area contributed by atoms with E-state index in [0.29, 0.717) is 18.7 Å². The van der Waals surface area contributed by atoms with Crippen LogP contribution in [0.4, 0.5) is 0 Å². The molecule has 3 aromatic rings. The molecule has 0 aliphatic rings. The molecule has 1 aromatic heterocycles. The van der Waals surface area contributed by atoms with E-state index < -0.39 is 0 Å². The van der Waals surface area contributed by atoms with Gasteiger partial charge in [-0.25, -0.2) is 0 Å². The molecule has 0 spiro atoms. The molecule has 0 unspecified atom stereocenters. The van der Waals surface area contributed by atoms with Gasteiger partial charge in [0.25, 0.3) is 5.91 Å². The van der Waals surface area contributed by atoms with Gasteiger partial charge in [-0.2, -0.15) is 0 Å². The van der Waals surface area contributed by atoms with E-state index in [0.717, 1.165) is 16.7 Å². The van der Waals surface area contributed by atoms with Gasteiger partial charge in [-0.1, -0.05) is 30.3 Å². The number of aromatic nitrogens is 1. The number of nitrogens with one attached hydrogen (secondary N) is 1. The lowest BCUT2D eigenvalue weighted by atomic mass is 10.1. The van der Waals surface area contributed by atoms with Gasteiger partial charge in [-0.05, 0) is 30.3 Å². The van der Waals surface area contributed by atoms with Gasteiger partial charge in [-0.15, -0.1) is 0 Å². The number of hydrogen-bond acceptors (Lipinski definition) is 3. The van der Waals surface area contributed by atoms with Gasteiger partial charge in [-0.3, -0.25) is 9.78 Å². The van der Waals surface area contributed by atoms with Crippen LogP contribution in [0.1, 0.15) is 10.4 Å². The number of para-hydroxylation sites is 1. The molecule has 0 aliphatic heterocycles. The number of amides is 1. The first-order valence-electron chi connectivity index (χ1n) is 7.14. The van der Waals surface area contributed by atoms with Crippen LogP contribution in [0.3, 0.4) is 0 Å². The number of carbonyl (C=O) groups is 1. The molecule has 2 aromatic carbocycles. The molecule has 0 bridgehead atoms. The number of nitrogens with zero attached hydrogens (tertiary/aromatic N) is 1. The molecule has 0 radical (unpaired) electrons. The molecule has 1 heterocycles. The molecule has 4 nitrogen and oxygen atoms in total. The molecule has 0 saturated heterocycles. The van der Waals surface area contributed by atoms with Crippen molar-refractivity contribution in [1.82, 2.24) is 10.3 Å². The SMILES string of the molecule is O=C(NCCOc1ccccc1)c1cccc2ncccc12. The third-order valence-electron chi connectivity index (χ3n) is 3.29. The Labute approximate surface area is 128 Å². The van der Waals surface area contributed by atoms with E-state index in [1.54, 1.807) is 12.3 Å². The first kappa shape index (κ1) is 14.1. The summed E-state index contributed by atoms with van der Waals surface area (Å²) in [4.78, 5) is 16.5. The van der Waals surface area contributed by atoms with E-state index in [-0.39, 0.29) is 5.91 Å². The molecule has 22 heavy (non-hydrogen) atoms. The third-order valence-corrected chi connectivity index (χ3v) is 3.29. The number of ether oxygens (including phenoxy) is 1. The molecule has 1 amide bonds. The van der Waals surface area contributed by atoms with Crippen molar-refractivity contribution >= 4 is 16.8 Å². The lowest BCUT2D eigenvalue weighted by Gasteiger charge is -2.09. The lowest BCUT2D eigenvalue weighted by molar-refractivity contribution is 0.0948. The molecule has 110 valence electrons. The summed E-state index contributed by atoms with van der Waals surface area (Å²) in [5, 5.41) is 3.72. The highest BCUT2D eigenvalue weighted by atomic mass is 16.5. The molecule has 0 fully saturated rings. The zero-order chi connectivity index (χ0) is 15.2. The Bertz CT molecular complexity index is 767. The number of carbonyl (C=O) groups excluding carboxylic acids is 1. The highest BCUT2D eigenvalue weighted by Gasteiger charge is 2.09. The van der Waals surface area contributed by atoms with E-state index >= 15 is 0 Å². The first-order chi connectivity index (χ1) is 10.8. The summed E-state index contributed by atoms with van der Waals surface area (Å²) in [6.45, 7) is 0.878. The second-order valence-corrected chi connectivity index (χ2v) is 4.79. The van der Waals surface area contributed by atoms with Crippen molar-refractivity contribution in [2.24, 2.45) is 0 Å². The molecule has 0 saturated carbocycles. The molecule has 4 heteroatoms. The van der Waals surface area contributed by atoms with Crippen LogP contribution in [0.15, 0.2) is 66.9 Å². The minimum absolute atomic E-state index is 0.115. The quantitative estimate of drug-likeness (QED) is 0.735. The summed E-state index contributed by atoms with van der Waals surface area (Å²) in [5.74, 6) is 0.682. The molecular formula is C18H16N2O2. The van der Waals surface area contributed by atoms with Gasteiger partial charge in [0, 0.05) is 17.1 Å². The average Bonchev–Trinajstić information content (AvgIpc) is 2.59. The number of hydrogen-bond donors (Lipinski definition) is 1. The van der Waals surface area contributed by atoms with Crippen LogP contribution in [0, 0.1) is 0 Å². The zero-order valence-corrected chi connectivity index (χ0v) is 12.0. The van der Waals surface area contributed by atoms with Crippen LogP contribution in [0.25, 0.3) is 10.9 Å². The Morgan fingerprint density at radius 3 is 2.73 bits per heavy atom. The van der Waals surface area contributed by atoms with Gasteiger partial charge in [0.05, 0.1) is 12.1 Å². The predicted octanol–water partition coefficient (Wildman–Crippen LogP) is 3.04. The Morgan fingerprint density at radius 1 is 1.00 bits per heavy atom. The number of fused-ring (bicyclic) bond motifs is 1. The van der Waals surface area contributed by atoms with E-state index in [2.05, 4.69) is 10.3 Å². The Kier molecular flexibility index (Phi) is 4.30. The van der Waals surface area contributed by atoms with Crippen LogP contribution in [-0.4, -0.2) is 24.0 Å². The molecule has 0 aliphatic carbocycles. The third kappa shape index (κ3) is 3.23. The smallest absolute Gasteiger partial charge is 0.252 e. The van der Waals surface area contributed by atoms with Crippen molar-refractivity contribution in [3.05, 3.63) is 72.4 Å². The summed E-state index contributed by atoms with van der Waals surface area (Å²) in [6, 6.07) is 18.8. The number of benzene rings is 2. The second-order valence-electron chi connectivity index (χ2n) is 4.79. The van der Waals surface area contributed by atoms with Gasteiger partial charge in [0.2, 0.25) is 0 Å². The summed E-state index contributed by atoms with van der Waals surface area (Å²) in [7, 11) is 0. The van der Waals surface area contributed by atoms with E-state index in [4.69, 9.17) is 4.74 Å². The van der Waals surface area contributed by atoms with Gasteiger partial charge in [0.15, 0.2) is 0 Å². The van der Waals surface area contributed by atoms with Gasteiger partial charge in [0.1, 0.15) is 12.4 Å². The van der Waals surface area contributed by atoms with Crippen molar-refractivity contribution in [2.75, 3.05) is 13.2 Å². The van der Waals surface area contributed by atoms with Crippen LogP contribution in [-0.2, 0) is 0 Å². The van der Waals surface area contributed by atoms with Crippen molar-refractivity contribution in [2.45, 2.75) is 0 Å². The summed E-state index contributed by atoms with van der Waals surface area (Å²) in [6.07, 6.45) is 1.72.